The van der Waals surface area contributed by atoms with E-state index in [9.17, 15) is 0 Å². The molecule has 0 amide bonds. The first-order valence-electron chi connectivity index (χ1n) is 6.62. The molecule has 0 aliphatic carbocycles. The Morgan fingerprint density at radius 1 is 1.25 bits per heavy atom. The minimum atomic E-state index is 0.681. The highest BCUT2D eigenvalue weighted by Gasteiger charge is 2.08. The maximum atomic E-state index is 3.60. The van der Waals surface area contributed by atoms with Gasteiger partial charge in [0.05, 0.1) is 0 Å². The third kappa shape index (κ3) is 5.66. The Morgan fingerprint density at radius 3 is 2.75 bits per heavy atom. The van der Waals surface area contributed by atoms with Crippen LogP contribution in [-0.2, 0) is 6.42 Å². The van der Waals surface area contributed by atoms with Crippen LogP contribution in [0.4, 0.5) is 0 Å². The Labute approximate surface area is 104 Å². The van der Waals surface area contributed by atoms with Gasteiger partial charge in [0.1, 0.15) is 0 Å². The molecule has 1 rings (SSSR count). The average molecular weight is 239 g/mol. The fraction of sp³-hybridized carbons (Fsp3) is 0.714. The van der Waals surface area contributed by atoms with E-state index in [2.05, 4.69) is 36.7 Å². The standard InChI is InChI=1S/C14H25NS/c1-3-5-6-7-9-13(15-4-2)12-14-10-8-11-16-14/h8,10-11,13,15H,3-7,9,12H2,1-2H3. The highest BCUT2D eigenvalue weighted by Crippen LogP contribution is 2.14. The van der Waals surface area contributed by atoms with Crippen LogP contribution in [-0.4, -0.2) is 12.6 Å². The minimum Gasteiger partial charge on any atom is -0.314 e. The monoisotopic (exact) mass is 239 g/mol. The maximum absolute atomic E-state index is 3.60. The summed E-state index contributed by atoms with van der Waals surface area (Å²) in [4.78, 5) is 1.52. The van der Waals surface area contributed by atoms with Gasteiger partial charge in [-0.25, -0.2) is 0 Å². The smallest absolute Gasteiger partial charge is 0.0115 e. The molecule has 0 aliphatic rings. The number of hydrogen-bond donors (Lipinski definition) is 1. The summed E-state index contributed by atoms with van der Waals surface area (Å²) in [6.45, 7) is 5.56. The fourth-order valence-corrected chi connectivity index (χ4v) is 2.84. The summed E-state index contributed by atoms with van der Waals surface area (Å²) in [7, 11) is 0. The van der Waals surface area contributed by atoms with Gasteiger partial charge >= 0.3 is 0 Å². The summed E-state index contributed by atoms with van der Waals surface area (Å²) in [6, 6.07) is 5.08. The molecule has 1 heterocycles. The van der Waals surface area contributed by atoms with Gasteiger partial charge in [-0.3, -0.25) is 0 Å². The number of unbranched alkanes of at least 4 members (excludes halogenated alkanes) is 3. The van der Waals surface area contributed by atoms with Gasteiger partial charge in [-0.1, -0.05) is 45.6 Å². The second-order valence-corrected chi connectivity index (χ2v) is 5.42. The lowest BCUT2D eigenvalue weighted by Crippen LogP contribution is -2.30. The molecule has 92 valence electrons. The van der Waals surface area contributed by atoms with E-state index in [0.29, 0.717) is 6.04 Å². The topological polar surface area (TPSA) is 12.0 Å². The second-order valence-electron chi connectivity index (χ2n) is 4.39. The molecule has 1 aromatic rings. The van der Waals surface area contributed by atoms with Gasteiger partial charge in [-0.2, -0.15) is 0 Å². The van der Waals surface area contributed by atoms with Crippen LogP contribution < -0.4 is 5.32 Å². The number of hydrogen-bond acceptors (Lipinski definition) is 2. The molecule has 0 saturated carbocycles. The van der Waals surface area contributed by atoms with Crippen LogP contribution in [0, 0.1) is 0 Å². The molecule has 1 atom stereocenters. The van der Waals surface area contributed by atoms with Crippen LogP contribution >= 0.6 is 11.3 Å². The van der Waals surface area contributed by atoms with Crippen molar-refractivity contribution in [3.8, 4) is 0 Å². The van der Waals surface area contributed by atoms with E-state index >= 15 is 0 Å². The van der Waals surface area contributed by atoms with E-state index < -0.39 is 0 Å². The van der Waals surface area contributed by atoms with E-state index in [1.54, 1.807) is 0 Å². The van der Waals surface area contributed by atoms with E-state index in [-0.39, 0.29) is 0 Å². The summed E-state index contributed by atoms with van der Waals surface area (Å²) in [5, 5.41) is 5.78. The summed E-state index contributed by atoms with van der Waals surface area (Å²) in [6.07, 6.45) is 8.01. The zero-order chi connectivity index (χ0) is 11.6. The number of likely N-dealkylation sites (N-methyl/N-ethyl adjacent to an activating group) is 1. The van der Waals surface area contributed by atoms with E-state index in [0.717, 1.165) is 6.54 Å². The zero-order valence-electron chi connectivity index (χ0n) is 10.7. The summed E-state index contributed by atoms with van der Waals surface area (Å²) >= 11 is 1.88. The predicted molar refractivity (Wildman–Crippen MR) is 74.2 cm³/mol. The van der Waals surface area contributed by atoms with E-state index in [1.165, 1.54) is 43.4 Å². The number of nitrogens with one attached hydrogen (secondary N) is 1. The fourth-order valence-electron chi connectivity index (χ4n) is 2.05. The van der Waals surface area contributed by atoms with Crippen LogP contribution in [0.1, 0.15) is 50.8 Å². The van der Waals surface area contributed by atoms with Gasteiger partial charge in [-0.15, -0.1) is 11.3 Å². The molecule has 0 spiro atoms. The quantitative estimate of drug-likeness (QED) is 0.636. The normalized spacial score (nSPS) is 12.9. The van der Waals surface area contributed by atoms with Gasteiger partial charge in [0, 0.05) is 10.9 Å². The molecule has 1 N–H and O–H groups in total. The highest BCUT2D eigenvalue weighted by atomic mass is 32.1. The average Bonchev–Trinajstić information content (AvgIpc) is 2.77. The highest BCUT2D eigenvalue weighted by molar-refractivity contribution is 7.09. The molecule has 0 aliphatic heterocycles. The molecule has 1 nitrogen and oxygen atoms in total. The Morgan fingerprint density at radius 2 is 2.12 bits per heavy atom. The Hall–Kier alpha value is -0.340. The van der Waals surface area contributed by atoms with Gasteiger partial charge in [-0.05, 0) is 30.8 Å². The molecule has 1 unspecified atom stereocenters. The number of thiophene rings is 1. The molecule has 0 saturated heterocycles. The van der Waals surface area contributed by atoms with Crippen molar-refractivity contribution in [2.24, 2.45) is 0 Å². The van der Waals surface area contributed by atoms with Gasteiger partial charge in [0.15, 0.2) is 0 Å². The molecule has 2 heteroatoms. The summed E-state index contributed by atoms with van der Waals surface area (Å²) < 4.78 is 0. The largest absolute Gasteiger partial charge is 0.314 e. The summed E-state index contributed by atoms with van der Waals surface area (Å²) in [5.74, 6) is 0. The predicted octanol–water partition coefficient (Wildman–Crippen LogP) is 4.24. The first-order chi connectivity index (χ1) is 7.86. The van der Waals surface area contributed by atoms with Crippen LogP contribution in [0.5, 0.6) is 0 Å². The molecule has 1 aromatic heterocycles. The molecule has 0 aromatic carbocycles. The van der Waals surface area contributed by atoms with Gasteiger partial charge in [0.2, 0.25) is 0 Å². The van der Waals surface area contributed by atoms with Crippen molar-refractivity contribution in [2.45, 2.75) is 58.4 Å². The zero-order valence-corrected chi connectivity index (χ0v) is 11.5. The SMILES string of the molecule is CCCCCCC(Cc1cccs1)NCC. The van der Waals surface area contributed by atoms with Gasteiger partial charge in [0.25, 0.3) is 0 Å². The molecule has 0 bridgehead atoms. The minimum absolute atomic E-state index is 0.681. The lowest BCUT2D eigenvalue weighted by molar-refractivity contribution is 0.465. The third-order valence-corrected chi connectivity index (χ3v) is 3.83. The van der Waals surface area contributed by atoms with Crippen LogP contribution in [0.3, 0.4) is 0 Å². The summed E-state index contributed by atoms with van der Waals surface area (Å²) in [5.41, 5.74) is 0. The molecule has 0 radical (unpaired) electrons. The Kier molecular flexibility index (Phi) is 7.52. The molecular formula is C14H25NS. The first kappa shape index (κ1) is 13.7. The lowest BCUT2D eigenvalue weighted by Gasteiger charge is -2.16. The van der Waals surface area contributed by atoms with Crippen molar-refractivity contribution in [3.63, 3.8) is 0 Å². The lowest BCUT2D eigenvalue weighted by atomic mass is 10.0. The maximum Gasteiger partial charge on any atom is 0.0115 e. The van der Waals surface area contributed by atoms with Crippen LogP contribution in [0.2, 0.25) is 0 Å². The molecular weight excluding hydrogens is 214 g/mol. The number of rotatable bonds is 9. The van der Waals surface area contributed by atoms with Crippen molar-refractivity contribution >= 4 is 11.3 Å². The van der Waals surface area contributed by atoms with Crippen molar-refractivity contribution in [2.75, 3.05) is 6.54 Å². The van der Waals surface area contributed by atoms with Gasteiger partial charge < -0.3 is 5.32 Å². The first-order valence-corrected chi connectivity index (χ1v) is 7.50. The Bertz CT molecular complexity index is 243. The van der Waals surface area contributed by atoms with E-state index in [1.807, 2.05) is 11.3 Å². The van der Waals surface area contributed by atoms with Crippen molar-refractivity contribution < 1.29 is 0 Å². The molecule has 0 fully saturated rings. The van der Waals surface area contributed by atoms with Crippen LogP contribution in [0.15, 0.2) is 17.5 Å². The van der Waals surface area contributed by atoms with Crippen LogP contribution in [0.25, 0.3) is 0 Å². The van der Waals surface area contributed by atoms with Crippen molar-refractivity contribution in [1.29, 1.82) is 0 Å². The van der Waals surface area contributed by atoms with Crippen molar-refractivity contribution in [3.05, 3.63) is 22.4 Å². The second kappa shape index (κ2) is 8.77. The third-order valence-electron chi connectivity index (χ3n) is 2.93. The van der Waals surface area contributed by atoms with E-state index in [4.69, 9.17) is 0 Å². The molecule has 16 heavy (non-hydrogen) atoms. The van der Waals surface area contributed by atoms with Crippen molar-refractivity contribution in [1.82, 2.24) is 5.32 Å². The Balaban J connectivity index is 2.24.